The lowest BCUT2D eigenvalue weighted by Gasteiger charge is -2.27. The number of hydrogen-bond donors (Lipinski definition) is 0. The van der Waals surface area contributed by atoms with E-state index in [0.29, 0.717) is 11.3 Å². The van der Waals surface area contributed by atoms with Crippen LogP contribution in [-0.4, -0.2) is 29.0 Å². The van der Waals surface area contributed by atoms with Gasteiger partial charge in [-0.25, -0.2) is 4.90 Å². The summed E-state index contributed by atoms with van der Waals surface area (Å²) in [4.78, 5) is 55.9. The standard InChI is InChI=1S/C26H16INO5/c27-15-8-6-7-14(13-15)21-19-20(25(32)28(24(19)31)16-9-2-1-3-10-16)26(33-21)22(29)17-11-4-5-12-18(17)23(26)30/h1-13,19-21H/t19-,20+,21-/m1/s1. The summed E-state index contributed by atoms with van der Waals surface area (Å²) in [5.41, 5.74) is -0.530. The number of nitrogens with zero attached hydrogens (tertiary/aromatic N) is 1. The van der Waals surface area contributed by atoms with Crippen LogP contribution in [0.1, 0.15) is 32.4 Å². The molecule has 3 atom stereocenters. The predicted octanol–water partition coefficient (Wildman–Crippen LogP) is 3.99. The van der Waals surface area contributed by atoms with Gasteiger partial charge in [0.2, 0.25) is 29.0 Å². The van der Waals surface area contributed by atoms with E-state index in [1.807, 2.05) is 18.2 Å². The van der Waals surface area contributed by atoms with E-state index in [4.69, 9.17) is 4.74 Å². The van der Waals surface area contributed by atoms with Crippen LogP contribution in [-0.2, 0) is 14.3 Å². The number of Topliss-reactive ketones (excluding diaryl/α,β-unsaturated/α-hetero) is 2. The van der Waals surface area contributed by atoms with Crippen LogP contribution >= 0.6 is 22.6 Å². The van der Waals surface area contributed by atoms with Crippen molar-refractivity contribution in [1.82, 2.24) is 0 Å². The first kappa shape index (κ1) is 20.4. The lowest BCUT2D eigenvalue weighted by Crippen LogP contribution is -2.51. The molecule has 0 unspecified atom stereocenters. The third-order valence-electron chi connectivity index (χ3n) is 6.71. The molecule has 6 nitrogen and oxygen atoms in total. The minimum atomic E-state index is -2.05. The van der Waals surface area contributed by atoms with Crippen molar-refractivity contribution >= 4 is 51.7 Å². The Balaban J connectivity index is 1.56. The Morgan fingerprint density at radius 3 is 2.03 bits per heavy atom. The van der Waals surface area contributed by atoms with Crippen LogP contribution in [0, 0.1) is 15.4 Å². The number of carbonyl (C=O) groups excluding carboxylic acids is 4. The van der Waals surface area contributed by atoms with Crippen molar-refractivity contribution in [3.05, 3.63) is 99.1 Å². The van der Waals surface area contributed by atoms with Gasteiger partial charge in [0.1, 0.15) is 0 Å². The van der Waals surface area contributed by atoms with E-state index in [1.54, 1.807) is 60.7 Å². The van der Waals surface area contributed by atoms with E-state index in [-0.39, 0.29) is 11.1 Å². The van der Waals surface area contributed by atoms with Gasteiger partial charge in [0.15, 0.2) is 0 Å². The van der Waals surface area contributed by atoms with E-state index < -0.39 is 46.9 Å². The Morgan fingerprint density at radius 2 is 1.39 bits per heavy atom. The van der Waals surface area contributed by atoms with E-state index in [9.17, 15) is 19.2 Å². The fourth-order valence-electron chi connectivity index (χ4n) is 5.33. The van der Waals surface area contributed by atoms with Crippen molar-refractivity contribution in [2.45, 2.75) is 11.7 Å². The number of halogens is 1. The van der Waals surface area contributed by atoms with Gasteiger partial charge in [-0.3, -0.25) is 19.2 Å². The second kappa shape index (κ2) is 7.16. The topological polar surface area (TPSA) is 80.8 Å². The van der Waals surface area contributed by atoms with Gasteiger partial charge < -0.3 is 4.74 Å². The molecule has 162 valence electrons. The first-order valence-corrected chi connectivity index (χ1v) is 11.6. The van der Waals surface area contributed by atoms with E-state index in [0.717, 1.165) is 8.47 Å². The number of rotatable bonds is 2. The average Bonchev–Trinajstić information content (AvgIpc) is 3.40. The van der Waals surface area contributed by atoms with Crippen molar-refractivity contribution in [3.63, 3.8) is 0 Å². The largest absolute Gasteiger partial charge is 0.349 e. The zero-order valence-electron chi connectivity index (χ0n) is 17.1. The molecule has 2 saturated heterocycles. The zero-order chi connectivity index (χ0) is 22.9. The molecule has 7 heteroatoms. The van der Waals surface area contributed by atoms with Gasteiger partial charge in [0, 0.05) is 14.7 Å². The molecule has 3 aromatic rings. The molecule has 2 fully saturated rings. The molecule has 0 aromatic heterocycles. The number of amides is 2. The maximum atomic E-state index is 13.8. The minimum absolute atomic E-state index is 0.225. The van der Waals surface area contributed by atoms with Crippen LogP contribution in [0.15, 0.2) is 78.9 Å². The molecule has 2 heterocycles. The normalized spacial score (nSPS) is 25.1. The van der Waals surface area contributed by atoms with Crippen LogP contribution < -0.4 is 4.90 Å². The van der Waals surface area contributed by atoms with Gasteiger partial charge in [-0.05, 0) is 52.4 Å². The zero-order valence-corrected chi connectivity index (χ0v) is 19.3. The molecule has 0 N–H and O–H groups in total. The average molecular weight is 549 g/mol. The first-order chi connectivity index (χ1) is 15.9. The summed E-state index contributed by atoms with van der Waals surface area (Å²) < 4.78 is 7.19. The van der Waals surface area contributed by atoms with Crippen LogP contribution in [0.5, 0.6) is 0 Å². The fraction of sp³-hybridized carbons (Fsp3) is 0.154. The molecule has 6 rings (SSSR count). The van der Waals surface area contributed by atoms with Crippen LogP contribution in [0.2, 0.25) is 0 Å². The fourth-order valence-corrected chi connectivity index (χ4v) is 5.90. The molecule has 0 radical (unpaired) electrons. The van der Waals surface area contributed by atoms with Crippen LogP contribution in [0.4, 0.5) is 5.69 Å². The summed E-state index contributed by atoms with van der Waals surface area (Å²) in [6, 6.07) is 22.4. The Hall–Kier alpha value is -3.17. The maximum Gasteiger partial charge on any atom is 0.241 e. The van der Waals surface area contributed by atoms with Crippen molar-refractivity contribution in [2.24, 2.45) is 11.8 Å². The molecule has 0 bridgehead atoms. The van der Waals surface area contributed by atoms with Crippen molar-refractivity contribution < 1.29 is 23.9 Å². The quantitative estimate of drug-likeness (QED) is 0.275. The lowest BCUT2D eigenvalue weighted by atomic mass is 9.77. The number of anilines is 1. The summed E-state index contributed by atoms with van der Waals surface area (Å²) in [5, 5.41) is 0. The summed E-state index contributed by atoms with van der Waals surface area (Å²) >= 11 is 2.15. The van der Waals surface area contributed by atoms with Gasteiger partial charge in [-0.15, -0.1) is 0 Å². The Labute approximate surface area is 202 Å². The third-order valence-corrected chi connectivity index (χ3v) is 7.38. The Morgan fingerprint density at radius 1 is 0.758 bits per heavy atom. The lowest BCUT2D eigenvalue weighted by molar-refractivity contribution is -0.127. The van der Waals surface area contributed by atoms with E-state index in [2.05, 4.69) is 22.6 Å². The predicted molar refractivity (Wildman–Crippen MR) is 127 cm³/mol. The molecule has 3 aromatic carbocycles. The Bertz CT molecular complexity index is 1330. The van der Waals surface area contributed by atoms with Crippen molar-refractivity contribution in [2.75, 3.05) is 4.90 Å². The second-order valence-corrected chi connectivity index (χ2v) is 9.63. The van der Waals surface area contributed by atoms with Crippen LogP contribution in [0.3, 0.4) is 0 Å². The highest BCUT2D eigenvalue weighted by molar-refractivity contribution is 14.1. The molecular formula is C26H16INO5. The number of benzene rings is 3. The maximum absolute atomic E-state index is 13.8. The minimum Gasteiger partial charge on any atom is -0.349 e. The highest BCUT2D eigenvalue weighted by Crippen LogP contribution is 2.57. The second-order valence-electron chi connectivity index (χ2n) is 8.38. The monoisotopic (exact) mass is 549 g/mol. The van der Waals surface area contributed by atoms with E-state index >= 15 is 0 Å². The molecule has 1 aliphatic carbocycles. The Kier molecular flexibility index (Phi) is 4.44. The van der Waals surface area contributed by atoms with Crippen molar-refractivity contribution in [1.29, 1.82) is 0 Å². The SMILES string of the molecule is O=C1[C@H]2[C@@H](c3cccc(I)c3)OC3(C(=O)c4ccccc4C3=O)[C@@H]2C(=O)N1c1ccccc1. The first-order valence-electron chi connectivity index (χ1n) is 10.5. The van der Waals surface area contributed by atoms with Gasteiger partial charge in [0.05, 0.1) is 23.6 Å². The molecule has 2 amide bonds. The molecule has 2 aliphatic heterocycles. The highest BCUT2D eigenvalue weighted by atomic mass is 127. The number of imide groups is 1. The summed E-state index contributed by atoms with van der Waals surface area (Å²) in [6.07, 6.45) is -0.905. The molecule has 0 saturated carbocycles. The van der Waals surface area contributed by atoms with Gasteiger partial charge in [-0.2, -0.15) is 0 Å². The smallest absolute Gasteiger partial charge is 0.241 e. The molecular weight excluding hydrogens is 533 g/mol. The van der Waals surface area contributed by atoms with Crippen molar-refractivity contribution in [3.8, 4) is 0 Å². The number of ketones is 2. The van der Waals surface area contributed by atoms with Gasteiger partial charge in [-0.1, -0.05) is 54.6 Å². The molecule has 3 aliphatic rings. The summed E-state index contributed by atoms with van der Waals surface area (Å²) in [6.45, 7) is 0. The molecule has 33 heavy (non-hydrogen) atoms. The van der Waals surface area contributed by atoms with Gasteiger partial charge in [0.25, 0.3) is 0 Å². The van der Waals surface area contributed by atoms with Gasteiger partial charge >= 0.3 is 0 Å². The number of para-hydroxylation sites is 1. The number of ether oxygens (including phenoxy) is 1. The number of carbonyl (C=O) groups is 4. The molecule has 1 spiro atoms. The third kappa shape index (κ3) is 2.63. The van der Waals surface area contributed by atoms with E-state index in [1.165, 1.54) is 0 Å². The summed E-state index contributed by atoms with van der Waals surface area (Å²) in [5.74, 6) is -4.38. The number of hydrogen-bond acceptors (Lipinski definition) is 5. The summed E-state index contributed by atoms with van der Waals surface area (Å²) in [7, 11) is 0. The highest BCUT2D eigenvalue weighted by Gasteiger charge is 2.74. The number of fused-ring (bicyclic) bond motifs is 3. The van der Waals surface area contributed by atoms with Crippen LogP contribution in [0.25, 0.3) is 0 Å².